The molecule has 6 saturated heterocycles. The summed E-state index contributed by atoms with van der Waals surface area (Å²) in [5.74, 6) is 0. The summed E-state index contributed by atoms with van der Waals surface area (Å²) in [7, 11) is 0. The monoisotopic (exact) mass is 990 g/mol. The third-order valence-electron chi connectivity index (χ3n) is 12.4. The third kappa shape index (κ3) is 11.2. The van der Waals surface area contributed by atoms with Crippen LogP contribution in [0.3, 0.4) is 0 Å². The first kappa shape index (κ1) is 55.1. The topological polar surface area (TPSA) is 506 Å². The van der Waals surface area contributed by atoms with E-state index in [0.717, 1.165) is 0 Å². The van der Waals surface area contributed by atoms with Gasteiger partial charge in [0.1, 0.15) is 146 Å². The maximum atomic E-state index is 11.5. The second kappa shape index (κ2) is 23.5. The molecule has 0 aromatic heterocycles. The van der Waals surface area contributed by atoms with Crippen LogP contribution in [0.15, 0.2) is 0 Å². The summed E-state index contributed by atoms with van der Waals surface area (Å²) in [6, 6.07) is 0. The van der Waals surface area contributed by atoms with Gasteiger partial charge in [-0.25, -0.2) is 0 Å². The van der Waals surface area contributed by atoms with Gasteiger partial charge in [-0.2, -0.15) is 0 Å². The van der Waals surface area contributed by atoms with Crippen LogP contribution in [-0.4, -0.2) is 326 Å². The molecule has 0 aromatic carbocycles. The van der Waals surface area contributed by atoms with Gasteiger partial charge in [-0.1, -0.05) is 0 Å². The van der Waals surface area contributed by atoms with Crippen LogP contribution in [0.25, 0.3) is 0 Å². The normalized spacial score (nSPS) is 53.4. The first-order chi connectivity index (χ1) is 31.8. The van der Waals surface area contributed by atoms with E-state index in [1.165, 1.54) is 0 Å². The van der Waals surface area contributed by atoms with E-state index in [2.05, 4.69) is 0 Å². The number of rotatable bonds is 16. The maximum Gasteiger partial charge on any atom is 0.187 e. The smallest absolute Gasteiger partial charge is 0.187 e. The van der Waals surface area contributed by atoms with Crippen molar-refractivity contribution in [3.63, 3.8) is 0 Å². The van der Waals surface area contributed by atoms with Crippen molar-refractivity contribution in [2.45, 2.75) is 184 Å². The van der Waals surface area contributed by atoms with E-state index in [4.69, 9.17) is 52.1 Å². The van der Waals surface area contributed by atoms with Crippen LogP contribution in [0.2, 0.25) is 0 Å². The fourth-order valence-corrected chi connectivity index (χ4v) is 8.51. The Hall–Kier alpha value is -1.24. The molecule has 0 amide bonds. The van der Waals surface area contributed by atoms with Gasteiger partial charge in [0.15, 0.2) is 37.7 Å². The summed E-state index contributed by atoms with van der Waals surface area (Å²) in [5, 5.41) is 210. The minimum absolute atomic E-state index is 0.845. The number of hydrogen-bond acceptors (Lipinski definition) is 31. The van der Waals surface area contributed by atoms with E-state index in [9.17, 15) is 102 Å². The minimum Gasteiger partial charge on any atom is -0.394 e. The molecule has 6 rings (SSSR count). The molecule has 6 aliphatic heterocycles. The summed E-state index contributed by atoms with van der Waals surface area (Å²) in [6.45, 7) is -5.75. The molecule has 6 heterocycles. The van der Waals surface area contributed by atoms with Crippen LogP contribution < -0.4 is 0 Å². The lowest BCUT2D eigenvalue weighted by atomic mass is 9.95. The van der Waals surface area contributed by atoms with E-state index >= 15 is 0 Å². The molecular formula is C36H62O31. The van der Waals surface area contributed by atoms with Crippen LogP contribution in [0.4, 0.5) is 0 Å². The van der Waals surface area contributed by atoms with Gasteiger partial charge in [0.25, 0.3) is 0 Å². The largest absolute Gasteiger partial charge is 0.394 e. The molecule has 0 unspecified atom stereocenters. The number of ether oxygens (including phenoxy) is 11. The molecule has 0 aliphatic carbocycles. The molecule has 0 spiro atoms. The Labute approximate surface area is 378 Å². The van der Waals surface area contributed by atoms with E-state index in [0.29, 0.717) is 0 Å². The molecule has 0 bridgehead atoms. The summed E-state index contributed by atoms with van der Waals surface area (Å²) in [6.07, 6.45) is -57.5. The highest BCUT2D eigenvalue weighted by Crippen LogP contribution is 2.36. The highest BCUT2D eigenvalue weighted by atomic mass is 16.8. The minimum atomic E-state index is -2.22. The van der Waals surface area contributed by atoms with Crippen LogP contribution in [0.1, 0.15) is 0 Å². The quantitative estimate of drug-likeness (QED) is 0.0683. The zero-order valence-electron chi connectivity index (χ0n) is 35.0. The molecule has 0 aromatic rings. The van der Waals surface area contributed by atoms with Gasteiger partial charge in [-0.15, -0.1) is 0 Å². The molecule has 67 heavy (non-hydrogen) atoms. The standard InChI is InChI=1S/C36H62O31/c37-1-7-13(43)16(46)21(51)32(58-7)64-27-11(5-41)62-34(23(53)19(27)49)66-29-14(44)9(3-39)60-36(25(29)55)67-30-15(45)8(2-38)59-35(24(30)54)65-28-12(6-42)61-33(22(52)18(28)48)63-26-10(4-40)57-31(56)20(50)17(26)47/h7-56H,1-6H2/t7-,8-,9-,10-,11-,12-,13-,14-,15-,16+,17-,18-,19-,20-,21-,22-,23-,24-,25-,26-,27-,28-,29+,30+,31-,32+,33+,34+,35+,36+/m1/s1. The van der Waals surface area contributed by atoms with Crippen molar-refractivity contribution < 1.29 is 154 Å². The predicted octanol–water partition coefficient (Wildman–Crippen LogP) is -14.1. The lowest BCUT2D eigenvalue weighted by molar-refractivity contribution is -0.397. The lowest BCUT2D eigenvalue weighted by Gasteiger charge is -2.50. The first-order valence-electron chi connectivity index (χ1n) is 21.1. The number of aliphatic hydroxyl groups is 20. The van der Waals surface area contributed by atoms with Crippen molar-refractivity contribution in [2.75, 3.05) is 39.6 Å². The van der Waals surface area contributed by atoms with Crippen molar-refractivity contribution in [2.24, 2.45) is 0 Å². The van der Waals surface area contributed by atoms with E-state index < -0.39 is 224 Å². The van der Waals surface area contributed by atoms with Gasteiger partial charge >= 0.3 is 0 Å². The highest BCUT2D eigenvalue weighted by Gasteiger charge is 2.57. The SMILES string of the molecule is OC[C@H]1O[C@@H](O[C@H]2[C@H](O)[C@@H](O)[C@H](O[C@@H]3[C@@H](O)[C@H](O[C@@H]4[C@@H](O)[C@H](O[C@H]5[C@H](O)[C@@H](O)[C@H](O[C@H]6[C@H](O)[C@@H](O)[C@H](O)O[C@@H]6CO)O[C@@H]5CO)O[C@H](CO)[C@H]4O)O[C@H](CO)[C@H]3O)O[C@@H]2CO)[C@H](O)[C@@H](O)[C@@H]1O. The highest BCUT2D eigenvalue weighted by molar-refractivity contribution is 5.00. The molecule has 392 valence electrons. The molecule has 0 saturated carbocycles. The van der Waals surface area contributed by atoms with Crippen molar-refractivity contribution in [1.29, 1.82) is 0 Å². The van der Waals surface area contributed by atoms with Gasteiger partial charge in [0, 0.05) is 0 Å². The molecular weight excluding hydrogens is 928 g/mol. The first-order valence-corrected chi connectivity index (χ1v) is 21.1. The van der Waals surface area contributed by atoms with Crippen molar-refractivity contribution in [3.8, 4) is 0 Å². The van der Waals surface area contributed by atoms with Crippen molar-refractivity contribution in [3.05, 3.63) is 0 Å². The van der Waals surface area contributed by atoms with E-state index in [-0.39, 0.29) is 0 Å². The molecule has 20 N–H and O–H groups in total. The summed E-state index contributed by atoms with van der Waals surface area (Å²) < 4.78 is 60.6. The Morgan fingerprint density at radius 3 is 0.821 bits per heavy atom. The maximum absolute atomic E-state index is 11.5. The Kier molecular flexibility index (Phi) is 19.4. The summed E-state index contributed by atoms with van der Waals surface area (Å²) in [5.41, 5.74) is 0. The van der Waals surface area contributed by atoms with Crippen LogP contribution in [0.5, 0.6) is 0 Å². The average Bonchev–Trinajstić information content (AvgIpc) is 3.32. The van der Waals surface area contributed by atoms with Crippen LogP contribution in [-0.2, 0) is 52.1 Å². The fraction of sp³-hybridized carbons (Fsp3) is 1.00. The molecule has 30 atom stereocenters. The van der Waals surface area contributed by atoms with Crippen LogP contribution >= 0.6 is 0 Å². The predicted molar refractivity (Wildman–Crippen MR) is 199 cm³/mol. The Balaban J connectivity index is 1.14. The van der Waals surface area contributed by atoms with Gasteiger partial charge < -0.3 is 154 Å². The van der Waals surface area contributed by atoms with Crippen molar-refractivity contribution >= 4 is 0 Å². The van der Waals surface area contributed by atoms with Gasteiger partial charge in [0.05, 0.1) is 39.6 Å². The second-order valence-electron chi connectivity index (χ2n) is 16.8. The Morgan fingerprint density at radius 2 is 0.478 bits per heavy atom. The number of aliphatic hydroxyl groups excluding tert-OH is 20. The molecule has 31 nitrogen and oxygen atoms in total. The molecule has 6 fully saturated rings. The second-order valence-corrected chi connectivity index (χ2v) is 16.8. The zero-order chi connectivity index (χ0) is 49.3. The van der Waals surface area contributed by atoms with Crippen LogP contribution in [0, 0.1) is 0 Å². The summed E-state index contributed by atoms with van der Waals surface area (Å²) in [4.78, 5) is 0. The molecule has 6 aliphatic rings. The van der Waals surface area contributed by atoms with Gasteiger partial charge in [-0.3, -0.25) is 0 Å². The molecule has 0 radical (unpaired) electrons. The van der Waals surface area contributed by atoms with E-state index in [1.807, 2.05) is 0 Å². The van der Waals surface area contributed by atoms with Crippen molar-refractivity contribution in [1.82, 2.24) is 0 Å². The zero-order valence-corrected chi connectivity index (χ0v) is 35.0. The molecule has 31 heteroatoms. The van der Waals surface area contributed by atoms with Gasteiger partial charge in [0.2, 0.25) is 0 Å². The third-order valence-corrected chi connectivity index (χ3v) is 12.4. The van der Waals surface area contributed by atoms with E-state index in [1.54, 1.807) is 0 Å². The number of hydrogen-bond donors (Lipinski definition) is 20. The average molecular weight is 991 g/mol. The fourth-order valence-electron chi connectivity index (χ4n) is 8.51. The Bertz CT molecular complexity index is 1500. The Morgan fingerprint density at radius 1 is 0.224 bits per heavy atom. The lowest BCUT2D eigenvalue weighted by Crippen LogP contribution is -2.68. The van der Waals surface area contributed by atoms with Gasteiger partial charge in [-0.05, 0) is 0 Å². The summed E-state index contributed by atoms with van der Waals surface area (Å²) >= 11 is 0.